The van der Waals surface area contributed by atoms with Crippen LogP contribution >= 0.6 is 11.3 Å². The molecule has 2 N–H and O–H groups in total. The molecule has 1 unspecified atom stereocenters. The summed E-state index contributed by atoms with van der Waals surface area (Å²) in [6.45, 7) is 3.50. The number of rotatable bonds is 11. The zero-order valence-corrected chi connectivity index (χ0v) is 21.1. The van der Waals surface area contributed by atoms with Crippen molar-refractivity contribution in [1.82, 2.24) is 10.3 Å². The van der Waals surface area contributed by atoms with E-state index in [9.17, 15) is 19.5 Å². The number of carboxylic acid groups (broad SMARTS) is 1. The van der Waals surface area contributed by atoms with E-state index >= 15 is 0 Å². The van der Waals surface area contributed by atoms with Crippen LogP contribution < -0.4 is 5.32 Å². The molecule has 2 fully saturated rings. The van der Waals surface area contributed by atoms with Gasteiger partial charge in [-0.2, -0.15) is 0 Å². The monoisotopic (exact) mass is 498 g/mol. The number of hydrogen-bond donors (Lipinski definition) is 2. The fraction of sp³-hybridized carbons (Fsp3) is 0.556. The molecule has 35 heavy (non-hydrogen) atoms. The molecule has 8 heteroatoms. The van der Waals surface area contributed by atoms with Gasteiger partial charge >= 0.3 is 5.97 Å². The van der Waals surface area contributed by atoms with Crippen LogP contribution in [0, 0.1) is 18.8 Å². The Hall–Kier alpha value is -2.42. The molecule has 1 aromatic carbocycles. The normalized spacial score (nSPS) is 18.0. The SMILES string of the molecule is Cc1ccc(CC(=O)Cc2nc(CNC(C(=O)O)C3CCOCC3)cs2)c(C(=O)C2CCCC2)c1. The molecule has 1 aliphatic carbocycles. The Labute approximate surface area is 210 Å². The first-order valence-electron chi connectivity index (χ1n) is 12.5. The molecule has 1 saturated carbocycles. The molecule has 1 atom stereocenters. The van der Waals surface area contributed by atoms with Crippen molar-refractivity contribution in [3.05, 3.63) is 51.0 Å². The molecule has 1 aliphatic heterocycles. The maximum Gasteiger partial charge on any atom is 0.320 e. The van der Waals surface area contributed by atoms with E-state index in [1.165, 1.54) is 11.3 Å². The molecule has 7 nitrogen and oxygen atoms in total. The maximum atomic E-state index is 13.1. The third kappa shape index (κ3) is 6.84. The van der Waals surface area contributed by atoms with Crippen LogP contribution in [0.25, 0.3) is 0 Å². The van der Waals surface area contributed by atoms with Gasteiger partial charge in [0, 0.05) is 43.0 Å². The molecule has 1 saturated heterocycles. The van der Waals surface area contributed by atoms with E-state index < -0.39 is 12.0 Å². The summed E-state index contributed by atoms with van der Waals surface area (Å²) in [7, 11) is 0. The van der Waals surface area contributed by atoms with E-state index in [0.717, 1.165) is 55.3 Å². The van der Waals surface area contributed by atoms with Gasteiger partial charge in [0.1, 0.15) is 16.8 Å². The number of benzene rings is 1. The average molecular weight is 499 g/mol. The molecular formula is C27H34N2O5S. The first-order chi connectivity index (χ1) is 16.9. The summed E-state index contributed by atoms with van der Waals surface area (Å²) in [6.07, 6.45) is 5.95. The largest absolute Gasteiger partial charge is 0.480 e. The van der Waals surface area contributed by atoms with E-state index in [4.69, 9.17) is 4.74 Å². The zero-order valence-electron chi connectivity index (χ0n) is 20.3. The van der Waals surface area contributed by atoms with Crippen LogP contribution in [0.1, 0.15) is 70.7 Å². The van der Waals surface area contributed by atoms with Crippen molar-refractivity contribution in [2.45, 2.75) is 70.9 Å². The van der Waals surface area contributed by atoms with Crippen molar-refractivity contribution in [2.75, 3.05) is 13.2 Å². The van der Waals surface area contributed by atoms with Gasteiger partial charge < -0.3 is 9.84 Å². The van der Waals surface area contributed by atoms with Crippen LogP contribution in [0.4, 0.5) is 0 Å². The minimum absolute atomic E-state index is 0.0220. The number of thiazole rings is 1. The Kier molecular flexibility index (Phi) is 8.81. The minimum atomic E-state index is -0.858. The summed E-state index contributed by atoms with van der Waals surface area (Å²) in [4.78, 5) is 42.2. The highest BCUT2D eigenvalue weighted by molar-refractivity contribution is 7.09. The first-order valence-corrected chi connectivity index (χ1v) is 13.4. The second-order valence-electron chi connectivity index (χ2n) is 9.78. The quantitative estimate of drug-likeness (QED) is 0.448. The molecule has 2 aromatic rings. The predicted octanol–water partition coefficient (Wildman–Crippen LogP) is 4.15. The number of hydrogen-bond acceptors (Lipinski definition) is 7. The summed E-state index contributed by atoms with van der Waals surface area (Å²) in [5.41, 5.74) is 3.27. The molecule has 4 rings (SSSR count). The van der Waals surface area contributed by atoms with Crippen LogP contribution in [0.15, 0.2) is 23.6 Å². The Balaban J connectivity index is 1.34. The van der Waals surface area contributed by atoms with Gasteiger partial charge in [0.25, 0.3) is 0 Å². The van der Waals surface area contributed by atoms with Crippen molar-refractivity contribution >= 4 is 28.9 Å². The topological polar surface area (TPSA) is 106 Å². The maximum absolute atomic E-state index is 13.1. The average Bonchev–Trinajstić information content (AvgIpc) is 3.53. The highest BCUT2D eigenvalue weighted by Gasteiger charge is 2.29. The lowest BCUT2D eigenvalue weighted by Gasteiger charge is -2.28. The number of ketones is 2. The Morgan fingerprint density at radius 2 is 1.89 bits per heavy atom. The van der Waals surface area contributed by atoms with Crippen LogP contribution in [0.2, 0.25) is 0 Å². The van der Waals surface area contributed by atoms with E-state index in [2.05, 4.69) is 10.3 Å². The number of Topliss-reactive ketones (excluding diaryl/α,β-unsaturated/α-hetero) is 2. The molecule has 0 amide bonds. The number of carboxylic acids is 1. The minimum Gasteiger partial charge on any atom is -0.480 e. The van der Waals surface area contributed by atoms with Gasteiger partial charge in [-0.3, -0.25) is 19.7 Å². The van der Waals surface area contributed by atoms with Gasteiger partial charge in [0.2, 0.25) is 0 Å². The molecule has 2 aliphatic rings. The highest BCUT2D eigenvalue weighted by atomic mass is 32.1. The number of aryl methyl sites for hydroxylation is 1. The van der Waals surface area contributed by atoms with Crippen molar-refractivity contribution in [1.29, 1.82) is 0 Å². The molecule has 0 bridgehead atoms. The number of nitrogens with zero attached hydrogens (tertiary/aromatic N) is 1. The van der Waals surface area contributed by atoms with E-state index in [0.29, 0.717) is 30.3 Å². The smallest absolute Gasteiger partial charge is 0.320 e. The number of aromatic nitrogens is 1. The van der Waals surface area contributed by atoms with Crippen molar-refractivity contribution < 1.29 is 24.2 Å². The second-order valence-corrected chi connectivity index (χ2v) is 10.7. The number of ether oxygens (including phenoxy) is 1. The molecule has 188 valence electrons. The molecule has 2 heterocycles. The summed E-state index contributed by atoms with van der Waals surface area (Å²) in [6, 6.07) is 5.16. The standard InChI is InChI=1S/C27H34N2O5S/c1-17-6-7-20(23(12-17)26(31)19-4-2-3-5-19)13-22(30)14-24-29-21(16-35-24)15-28-25(27(32)33)18-8-10-34-11-9-18/h6-7,12,16,18-19,25,28H,2-5,8-11,13-15H2,1H3,(H,32,33). The molecule has 1 aromatic heterocycles. The molecular weight excluding hydrogens is 464 g/mol. The van der Waals surface area contributed by atoms with Gasteiger partial charge in [-0.1, -0.05) is 30.5 Å². The number of aliphatic carboxylic acids is 1. The van der Waals surface area contributed by atoms with Gasteiger partial charge in [0.15, 0.2) is 5.78 Å². The second kappa shape index (κ2) is 12.0. The fourth-order valence-corrected chi connectivity index (χ4v) is 5.98. The van der Waals surface area contributed by atoms with Gasteiger partial charge in [-0.25, -0.2) is 4.98 Å². The van der Waals surface area contributed by atoms with Crippen molar-refractivity contribution in [3.8, 4) is 0 Å². The van der Waals surface area contributed by atoms with E-state index in [1.54, 1.807) is 0 Å². The summed E-state index contributed by atoms with van der Waals surface area (Å²) >= 11 is 1.41. The van der Waals surface area contributed by atoms with Crippen LogP contribution in [-0.4, -0.2) is 46.9 Å². The first kappa shape index (κ1) is 25.7. The third-order valence-corrected chi connectivity index (χ3v) is 8.00. The lowest BCUT2D eigenvalue weighted by Crippen LogP contribution is -2.44. The van der Waals surface area contributed by atoms with Gasteiger partial charge in [-0.05, 0) is 50.2 Å². The van der Waals surface area contributed by atoms with Crippen LogP contribution in [0.3, 0.4) is 0 Å². The summed E-state index contributed by atoms with van der Waals surface area (Å²) in [5.74, 6) is -0.543. The predicted molar refractivity (Wildman–Crippen MR) is 134 cm³/mol. The Bertz CT molecular complexity index is 1050. The number of carbonyl (C=O) groups excluding carboxylic acids is 2. The highest BCUT2D eigenvalue weighted by Crippen LogP contribution is 2.30. The fourth-order valence-electron chi connectivity index (χ4n) is 5.16. The van der Waals surface area contributed by atoms with Gasteiger partial charge in [-0.15, -0.1) is 11.3 Å². The summed E-state index contributed by atoms with van der Waals surface area (Å²) < 4.78 is 5.35. The lowest BCUT2D eigenvalue weighted by molar-refractivity contribution is -0.142. The molecule has 0 radical (unpaired) electrons. The Morgan fingerprint density at radius 1 is 1.14 bits per heavy atom. The van der Waals surface area contributed by atoms with E-state index in [1.807, 2.05) is 30.5 Å². The van der Waals surface area contributed by atoms with E-state index in [-0.39, 0.29) is 36.2 Å². The van der Waals surface area contributed by atoms with Gasteiger partial charge in [0.05, 0.1) is 12.1 Å². The number of nitrogens with one attached hydrogen (secondary N) is 1. The van der Waals surface area contributed by atoms with Crippen molar-refractivity contribution in [3.63, 3.8) is 0 Å². The zero-order chi connectivity index (χ0) is 24.8. The van der Waals surface area contributed by atoms with Crippen LogP contribution in [0.5, 0.6) is 0 Å². The summed E-state index contributed by atoms with van der Waals surface area (Å²) in [5, 5.41) is 15.3. The van der Waals surface area contributed by atoms with Crippen molar-refractivity contribution in [2.24, 2.45) is 11.8 Å². The Morgan fingerprint density at radius 3 is 2.60 bits per heavy atom. The molecule has 0 spiro atoms. The lowest BCUT2D eigenvalue weighted by atomic mass is 9.90. The van der Waals surface area contributed by atoms with Crippen LogP contribution in [-0.2, 0) is 33.7 Å². The third-order valence-electron chi connectivity index (χ3n) is 7.10. The number of carbonyl (C=O) groups is 3.